The summed E-state index contributed by atoms with van der Waals surface area (Å²) in [5.41, 5.74) is 1.31. The fraction of sp³-hybridized carbons (Fsp3) is 0.385. The van der Waals surface area contributed by atoms with E-state index in [0.717, 1.165) is 10.0 Å². The third-order valence-electron chi connectivity index (χ3n) is 2.63. The van der Waals surface area contributed by atoms with Crippen LogP contribution in [0.15, 0.2) is 22.7 Å². The minimum atomic E-state index is -1.00. The largest absolute Gasteiger partial charge is 0.480 e. The van der Waals surface area contributed by atoms with Crippen molar-refractivity contribution in [1.29, 1.82) is 0 Å². The zero-order valence-corrected chi connectivity index (χ0v) is 12.0. The predicted octanol–water partition coefficient (Wildman–Crippen LogP) is 2.74. The summed E-state index contributed by atoms with van der Waals surface area (Å²) in [7, 11) is 0. The van der Waals surface area contributed by atoms with Gasteiger partial charge in [-0.05, 0) is 31.0 Å². The van der Waals surface area contributed by atoms with Gasteiger partial charge >= 0.3 is 5.97 Å². The highest BCUT2D eigenvalue weighted by Gasteiger charge is 2.20. The molecule has 0 unspecified atom stereocenters. The normalized spacial score (nSPS) is 11.9. The number of aliphatic carboxylic acids is 1. The molecule has 18 heavy (non-hydrogen) atoms. The minimum Gasteiger partial charge on any atom is -0.480 e. The van der Waals surface area contributed by atoms with Crippen molar-refractivity contribution in [3.63, 3.8) is 0 Å². The van der Waals surface area contributed by atoms with Crippen LogP contribution < -0.4 is 5.32 Å². The Bertz CT molecular complexity index is 460. The molecular formula is C13H16BrNO3. The van der Waals surface area contributed by atoms with Gasteiger partial charge in [0.25, 0.3) is 5.91 Å². The highest BCUT2D eigenvalue weighted by Crippen LogP contribution is 2.16. The standard InChI is InChI=1S/C13H16BrNO3/c1-3-4-11(13(17)18)15-12(16)10-7-9(14)6-5-8(10)2/h5-7,11H,3-4H2,1-2H3,(H,15,16)(H,17,18)/t11-/m1/s1. The van der Waals surface area contributed by atoms with Crippen LogP contribution >= 0.6 is 15.9 Å². The lowest BCUT2D eigenvalue weighted by atomic mass is 10.1. The molecule has 0 fully saturated rings. The zero-order chi connectivity index (χ0) is 13.7. The molecule has 98 valence electrons. The third-order valence-corrected chi connectivity index (χ3v) is 3.12. The molecule has 1 aromatic rings. The first-order valence-electron chi connectivity index (χ1n) is 5.75. The Morgan fingerprint density at radius 3 is 2.67 bits per heavy atom. The average Bonchev–Trinajstić information content (AvgIpc) is 2.31. The number of aryl methyl sites for hydroxylation is 1. The van der Waals surface area contributed by atoms with E-state index in [1.807, 2.05) is 26.0 Å². The van der Waals surface area contributed by atoms with Gasteiger partial charge in [0.1, 0.15) is 6.04 Å². The van der Waals surface area contributed by atoms with Crippen LogP contribution in [0.1, 0.15) is 35.7 Å². The van der Waals surface area contributed by atoms with E-state index in [0.29, 0.717) is 18.4 Å². The van der Waals surface area contributed by atoms with Crippen LogP contribution in [0, 0.1) is 6.92 Å². The molecule has 0 aliphatic heterocycles. The number of hydrogen-bond acceptors (Lipinski definition) is 2. The van der Waals surface area contributed by atoms with E-state index < -0.39 is 12.0 Å². The highest BCUT2D eigenvalue weighted by molar-refractivity contribution is 9.10. The molecule has 0 heterocycles. The van der Waals surface area contributed by atoms with Crippen LogP contribution in [-0.2, 0) is 4.79 Å². The van der Waals surface area contributed by atoms with E-state index in [2.05, 4.69) is 21.2 Å². The van der Waals surface area contributed by atoms with Crippen LogP contribution in [0.4, 0.5) is 0 Å². The Balaban J connectivity index is 2.86. The van der Waals surface area contributed by atoms with Gasteiger partial charge in [0.05, 0.1) is 0 Å². The number of hydrogen-bond donors (Lipinski definition) is 2. The summed E-state index contributed by atoms with van der Waals surface area (Å²) in [6.07, 6.45) is 1.13. The molecule has 0 aliphatic carbocycles. The SMILES string of the molecule is CCC[C@@H](NC(=O)c1cc(Br)ccc1C)C(=O)O. The third kappa shape index (κ3) is 3.84. The summed E-state index contributed by atoms with van der Waals surface area (Å²) in [5.74, 6) is -1.35. The molecule has 1 atom stereocenters. The van der Waals surface area contributed by atoms with Crippen molar-refractivity contribution in [2.24, 2.45) is 0 Å². The van der Waals surface area contributed by atoms with Gasteiger partial charge in [-0.15, -0.1) is 0 Å². The predicted molar refractivity (Wildman–Crippen MR) is 72.7 cm³/mol. The minimum absolute atomic E-state index is 0.352. The maximum absolute atomic E-state index is 12.0. The van der Waals surface area contributed by atoms with Crippen molar-refractivity contribution in [3.05, 3.63) is 33.8 Å². The number of benzene rings is 1. The topological polar surface area (TPSA) is 66.4 Å². The summed E-state index contributed by atoms with van der Waals surface area (Å²) >= 11 is 3.29. The lowest BCUT2D eigenvalue weighted by molar-refractivity contribution is -0.139. The number of carboxylic acids is 1. The monoisotopic (exact) mass is 313 g/mol. The van der Waals surface area contributed by atoms with Crippen LogP contribution in [0.5, 0.6) is 0 Å². The van der Waals surface area contributed by atoms with Gasteiger partial charge < -0.3 is 10.4 Å². The van der Waals surface area contributed by atoms with Crippen LogP contribution in [-0.4, -0.2) is 23.0 Å². The van der Waals surface area contributed by atoms with Gasteiger partial charge in [0.2, 0.25) is 0 Å². The summed E-state index contributed by atoms with van der Waals surface area (Å²) in [6, 6.07) is 4.51. The summed E-state index contributed by atoms with van der Waals surface area (Å²) in [4.78, 5) is 23.0. The van der Waals surface area contributed by atoms with Crippen LogP contribution in [0.25, 0.3) is 0 Å². The van der Waals surface area contributed by atoms with Gasteiger partial charge in [0, 0.05) is 10.0 Å². The number of carboxylic acid groups (broad SMARTS) is 1. The van der Waals surface area contributed by atoms with Gasteiger partial charge in [-0.1, -0.05) is 35.3 Å². The number of halogens is 1. The lowest BCUT2D eigenvalue weighted by Gasteiger charge is -2.14. The molecule has 1 amide bonds. The van der Waals surface area contributed by atoms with Gasteiger partial charge in [-0.3, -0.25) is 4.79 Å². The number of carbonyl (C=O) groups is 2. The molecule has 0 saturated carbocycles. The highest BCUT2D eigenvalue weighted by atomic mass is 79.9. The second-order valence-electron chi connectivity index (χ2n) is 4.11. The first kappa shape index (κ1) is 14.7. The Morgan fingerprint density at radius 2 is 2.11 bits per heavy atom. The molecule has 0 saturated heterocycles. The van der Waals surface area contributed by atoms with Crippen molar-refractivity contribution in [2.75, 3.05) is 0 Å². The first-order valence-corrected chi connectivity index (χ1v) is 6.54. The first-order chi connectivity index (χ1) is 8.45. The average molecular weight is 314 g/mol. The second-order valence-corrected chi connectivity index (χ2v) is 5.03. The fourth-order valence-electron chi connectivity index (χ4n) is 1.62. The zero-order valence-electron chi connectivity index (χ0n) is 10.4. The van der Waals surface area contributed by atoms with E-state index >= 15 is 0 Å². The quantitative estimate of drug-likeness (QED) is 0.878. The molecule has 1 rings (SSSR count). The lowest BCUT2D eigenvalue weighted by Crippen LogP contribution is -2.40. The maximum Gasteiger partial charge on any atom is 0.326 e. The molecule has 1 aromatic carbocycles. The van der Waals surface area contributed by atoms with E-state index in [1.165, 1.54) is 0 Å². The van der Waals surface area contributed by atoms with E-state index in [9.17, 15) is 9.59 Å². The number of carbonyl (C=O) groups excluding carboxylic acids is 1. The summed E-state index contributed by atoms with van der Waals surface area (Å²) < 4.78 is 0.792. The molecule has 0 spiro atoms. The Hall–Kier alpha value is -1.36. The molecule has 2 N–H and O–H groups in total. The van der Waals surface area contributed by atoms with Crippen LogP contribution in [0.3, 0.4) is 0 Å². The van der Waals surface area contributed by atoms with Gasteiger partial charge in [-0.25, -0.2) is 4.79 Å². The van der Waals surface area contributed by atoms with Gasteiger partial charge in [0.15, 0.2) is 0 Å². The smallest absolute Gasteiger partial charge is 0.326 e. The molecule has 5 heteroatoms. The van der Waals surface area contributed by atoms with E-state index in [1.54, 1.807) is 6.07 Å². The fourth-order valence-corrected chi connectivity index (χ4v) is 1.98. The Morgan fingerprint density at radius 1 is 1.44 bits per heavy atom. The van der Waals surface area contributed by atoms with E-state index in [4.69, 9.17) is 5.11 Å². The second kappa shape index (κ2) is 6.54. The number of amides is 1. The van der Waals surface area contributed by atoms with Gasteiger partial charge in [-0.2, -0.15) is 0 Å². The molecule has 0 aromatic heterocycles. The molecule has 0 radical (unpaired) electrons. The maximum atomic E-state index is 12.0. The van der Waals surface area contributed by atoms with Crippen molar-refractivity contribution in [2.45, 2.75) is 32.7 Å². The van der Waals surface area contributed by atoms with Crippen molar-refractivity contribution in [3.8, 4) is 0 Å². The number of rotatable bonds is 5. The van der Waals surface area contributed by atoms with Crippen LogP contribution in [0.2, 0.25) is 0 Å². The molecule has 0 aliphatic rings. The summed E-state index contributed by atoms with van der Waals surface area (Å²) in [6.45, 7) is 3.70. The molecule has 4 nitrogen and oxygen atoms in total. The summed E-state index contributed by atoms with van der Waals surface area (Å²) in [5, 5.41) is 11.5. The molecule has 0 bridgehead atoms. The van der Waals surface area contributed by atoms with E-state index in [-0.39, 0.29) is 5.91 Å². The number of nitrogens with one attached hydrogen (secondary N) is 1. The Labute approximate surface area is 115 Å². The Kier molecular flexibility index (Phi) is 5.34. The van der Waals surface area contributed by atoms with Crippen molar-refractivity contribution >= 4 is 27.8 Å². The van der Waals surface area contributed by atoms with Crippen molar-refractivity contribution < 1.29 is 14.7 Å². The van der Waals surface area contributed by atoms with Crippen molar-refractivity contribution in [1.82, 2.24) is 5.32 Å². The molecular weight excluding hydrogens is 298 g/mol.